The molecule has 1 saturated carbocycles. The molecule has 2 aromatic rings. The van der Waals surface area contributed by atoms with Gasteiger partial charge in [0.05, 0.1) is 17.3 Å². The van der Waals surface area contributed by atoms with Gasteiger partial charge in [-0.1, -0.05) is 15.9 Å². The number of rotatable bonds is 7. The van der Waals surface area contributed by atoms with Gasteiger partial charge in [-0.3, -0.25) is 4.79 Å². The fourth-order valence-electron chi connectivity index (χ4n) is 3.21. The topological polar surface area (TPSA) is 93.1 Å². The molecule has 7 nitrogen and oxygen atoms in total. The summed E-state index contributed by atoms with van der Waals surface area (Å²) in [4.78, 5) is 16.4. The summed E-state index contributed by atoms with van der Waals surface area (Å²) in [5, 5.41) is 3.02. The summed E-state index contributed by atoms with van der Waals surface area (Å²) in [5.74, 6) is -0.152. The summed E-state index contributed by atoms with van der Waals surface area (Å²) in [6, 6.07) is 6.62. The molecule has 0 aliphatic heterocycles. The van der Waals surface area contributed by atoms with Crippen LogP contribution in [0.3, 0.4) is 0 Å². The molecule has 9 heteroatoms. The lowest BCUT2D eigenvalue weighted by Crippen LogP contribution is -2.39. The molecule has 1 heterocycles. The van der Waals surface area contributed by atoms with E-state index in [0.717, 1.165) is 23.7 Å². The highest BCUT2D eigenvalue weighted by Gasteiger charge is 2.29. The van der Waals surface area contributed by atoms with Crippen molar-refractivity contribution < 1.29 is 13.2 Å². The van der Waals surface area contributed by atoms with Crippen LogP contribution in [0.5, 0.6) is 0 Å². The van der Waals surface area contributed by atoms with Crippen LogP contribution in [0, 0.1) is 0 Å². The van der Waals surface area contributed by atoms with Crippen LogP contribution in [-0.4, -0.2) is 36.5 Å². The molecule has 2 unspecified atom stereocenters. The van der Waals surface area contributed by atoms with E-state index >= 15 is 0 Å². The first-order chi connectivity index (χ1) is 12.5. The minimum Gasteiger partial charge on any atom is -0.351 e. The molecule has 1 aliphatic rings. The highest BCUT2D eigenvalue weighted by atomic mass is 79.9. The smallest absolute Gasteiger partial charge is 0.240 e. The number of nitrogens with one attached hydrogen (secondary N) is 2. The maximum Gasteiger partial charge on any atom is 0.240 e. The molecule has 0 radical (unpaired) electrons. The average molecular weight is 441 g/mol. The van der Waals surface area contributed by atoms with E-state index in [0.29, 0.717) is 0 Å². The lowest BCUT2D eigenvalue weighted by molar-refractivity contribution is -0.121. The number of hydrogen-bond donors (Lipinski definition) is 2. The molecule has 2 atom stereocenters. The third kappa shape index (κ3) is 4.72. The third-order valence-corrected chi connectivity index (χ3v) is 6.51. The number of hydrogen-bond acceptors (Lipinski definition) is 4. The molecule has 0 spiro atoms. The SMILES string of the molecule is O=C(CCNS(=O)(=O)c1ccc(Br)cc1)NC1CCCC1n1ccnc1. The van der Waals surface area contributed by atoms with Gasteiger partial charge >= 0.3 is 0 Å². The van der Waals surface area contributed by atoms with Crippen LogP contribution in [0.25, 0.3) is 0 Å². The zero-order valence-corrected chi connectivity index (χ0v) is 16.5. The van der Waals surface area contributed by atoms with Gasteiger partial charge in [-0.05, 0) is 43.5 Å². The Morgan fingerprint density at radius 3 is 2.73 bits per heavy atom. The second-order valence-electron chi connectivity index (χ2n) is 6.28. The van der Waals surface area contributed by atoms with Crippen LogP contribution < -0.4 is 10.0 Å². The molecule has 140 valence electrons. The summed E-state index contributed by atoms with van der Waals surface area (Å²) < 4.78 is 29.7. The Morgan fingerprint density at radius 1 is 1.27 bits per heavy atom. The molecule has 1 aromatic carbocycles. The molecule has 2 N–H and O–H groups in total. The summed E-state index contributed by atoms with van der Waals surface area (Å²) in [5.41, 5.74) is 0. The van der Waals surface area contributed by atoms with Crippen molar-refractivity contribution in [1.82, 2.24) is 19.6 Å². The molecule has 0 bridgehead atoms. The number of halogens is 1. The zero-order valence-electron chi connectivity index (χ0n) is 14.1. The first-order valence-electron chi connectivity index (χ1n) is 8.48. The van der Waals surface area contributed by atoms with Crippen LogP contribution in [0.4, 0.5) is 0 Å². The second kappa shape index (κ2) is 8.32. The van der Waals surface area contributed by atoms with E-state index in [1.54, 1.807) is 24.7 Å². The zero-order chi connectivity index (χ0) is 18.6. The molecule has 1 amide bonds. The monoisotopic (exact) mass is 440 g/mol. The molecule has 3 rings (SSSR count). The quantitative estimate of drug-likeness (QED) is 0.689. The summed E-state index contributed by atoms with van der Waals surface area (Å²) in [7, 11) is -3.61. The normalized spacial score (nSPS) is 20.2. The Hall–Kier alpha value is -1.71. The van der Waals surface area contributed by atoms with Crippen LogP contribution in [0.2, 0.25) is 0 Å². The summed E-state index contributed by atoms with van der Waals surface area (Å²) in [6.45, 7) is 0.0622. The first kappa shape index (κ1) is 19.1. The van der Waals surface area contributed by atoms with E-state index in [-0.39, 0.29) is 35.9 Å². The Balaban J connectivity index is 1.49. The van der Waals surface area contributed by atoms with E-state index in [2.05, 4.69) is 31.0 Å². The van der Waals surface area contributed by atoms with Crippen molar-refractivity contribution >= 4 is 31.9 Å². The van der Waals surface area contributed by atoms with Gasteiger partial charge in [0.2, 0.25) is 15.9 Å². The predicted molar refractivity (Wildman–Crippen MR) is 101 cm³/mol. The molecule has 1 fully saturated rings. The number of carbonyl (C=O) groups is 1. The standard InChI is InChI=1S/C17H21BrN4O3S/c18-13-4-6-14(7-5-13)26(24,25)20-9-8-17(23)21-15-2-1-3-16(15)22-11-10-19-12-22/h4-7,10-12,15-16,20H,1-3,8-9H2,(H,21,23). The second-order valence-corrected chi connectivity index (χ2v) is 8.97. The van der Waals surface area contributed by atoms with Crippen molar-refractivity contribution in [1.29, 1.82) is 0 Å². The highest BCUT2D eigenvalue weighted by molar-refractivity contribution is 9.10. The van der Waals surface area contributed by atoms with Crippen LogP contribution in [0.15, 0.2) is 52.4 Å². The number of imidazole rings is 1. The minimum atomic E-state index is -3.61. The van der Waals surface area contributed by atoms with Crippen LogP contribution in [-0.2, 0) is 14.8 Å². The number of aromatic nitrogens is 2. The van der Waals surface area contributed by atoms with E-state index in [1.165, 1.54) is 12.1 Å². The van der Waals surface area contributed by atoms with E-state index in [9.17, 15) is 13.2 Å². The Kier molecular flexibility index (Phi) is 6.10. The lowest BCUT2D eigenvalue weighted by atomic mass is 10.1. The Bertz CT molecular complexity index is 837. The fraction of sp³-hybridized carbons (Fsp3) is 0.412. The van der Waals surface area contributed by atoms with Crippen molar-refractivity contribution in [3.63, 3.8) is 0 Å². The van der Waals surface area contributed by atoms with Gasteiger partial charge in [0.1, 0.15) is 0 Å². The van der Waals surface area contributed by atoms with E-state index in [1.807, 2.05) is 10.8 Å². The molecule has 26 heavy (non-hydrogen) atoms. The first-order valence-corrected chi connectivity index (χ1v) is 10.8. The van der Waals surface area contributed by atoms with Gasteiger partial charge in [0.25, 0.3) is 0 Å². The van der Waals surface area contributed by atoms with Crippen molar-refractivity contribution in [2.75, 3.05) is 6.54 Å². The molecular formula is C17H21BrN4O3S. The number of nitrogens with zero attached hydrogens (tertiary/aromatic N) is 2. The average Bonchev–Trinajstić information content (AvgIpc) is 3.26. The molecular weight excluding hydrogens is 420 g/mol. The van der Waals surface area contributed by atoms with Crippen molar-refractivity contribution in [3.8, 4) is 0 Å². The maximum atomic E-state index is 12.2. The van der Waals surface area contributed by atoms with Crippen molar-refractivity contribution in [2.45, 2.75) is 42.7 Å². The van der Waals surface area contributed by atoms with Gasteiger partial charge < -0.3 is 9.88 Å². The van der Waals surface area contributed by atoms with Gasteiger partial charge in [0, 0.05) is 35.9 Å². The van der Waals surface area contributed by atoms with E-state index in [4.69, 9.17) is 0 Å². The Labute approximate surface area is 161 Å². The van der Waals surface area contributed by atoms with Gasteiger partial charge in [-0.25, -0.2) is 18.1 Å². The summed E-state index contributed by atoms with van der Waals surface area (Å²) >= 11 is 3.27. The van der Waals surface area contributed by atoms with Gasteiger partial charge in [-0.2, -0.15) is 0 Å². The molecule has 1 aromatic heterocycles. The fourth-order valence-corrected chi connectivity index (χ4v) is 4.50. The number of amides is 1. The van der Waals surface area contributed by atoms with Crippen LogP contribution >= 0.6 is 15.9 Å². The Morgan fingerprint density at radius 2 is 2.04 bits per heavy atom. The van der Waals surface area contributed by atoms with Crippen LogP contribution in [0.1, 0.15) is 31.7 Å². The number of sulfonamides is 1. The van der Waals surface area contributed by atoms with Crippen molar-refractivity contribution in [3.05, 3.63) is 47.5 Å². The lowest BCUT2D eigenvalue weighted by Gasteiger charge is -2.22. The van der Waals surface area contributed by atoms with Gasteiger partial charge in [-0.15, -0.1) is 0 Å². The largest absolute Gasteiger partial charge is 0.351 e. The van der Waals surface area contributed by atoms with Gasteiger partial charge in [0.15, 0.2) is 0 Å². The van der Waals surface area contributed by atoms with Crippen molar-refractivity contribution in [2.24, 2.45) is 0 Å². The molecule has 0 saturated heterocycles. The predicted octanol–water partition coefficient (Wildman–Crippen LogP) is 2.22. The van der Waals surface area contributed by atoms with E-state index < -0.39 is 10.0 Å². The third-order valence-electron chi connectivity index (χ3n) is 4.50. The number of benzene rings is 1. The summed E-state index contributed by atoms with van der Waals surface area (Å²) in [6.07, 6.45) is 8.46. The minimum absolute atomic E-state index is 0.0554. The highest BCUT2D eigenvalue weighted by Crippen LogP contribution is 2.29. The maximum absolute atomic E-state index is 12.2. The molecule has 1 aliphatic carbocycles. The number of carbonyl (C=O) groups excluding carboxylic acids is 1.